The van der Waals surface area contributed by atoms with E-state index in [1.54, 1.807) is 6.08 Å². The molecule has 0 heterocycles. The van der Waals surface area contributed by atoms with Crippen molar-refractivity contribution >= 4 is 13.7 Å². The predicted octanol–water partition coefficient (Wildman–Crippen LogP) is 14.9. The third kappa shape index (κ3) is 45.0. The number of phosphoric acid groups is 1. The van der Waals surface area contributed by atoms with Gasteiger partial charge in [-0.05, 0) is 32.1 Å². The Morgan fingerprint density at radius 3 is 1.33 bits per heavy atom. The van der Waals surface area contributed by atoms with E-state index in [0.29, 0.717) is 17.4 Å². The highest BCUT2D eigenvalue weighted by atomic mass is 31.2. The fourth-order valence-electron chi connectivity index (χ4n) is 7.59. The molecular formula is C51H102N2O6P+. The Hall–Kier alpha value is -1.02. The van der Waals surface area contributed by atoms with Gasteiger partial charge in [-0.2, -0.15) is 0 Å². The van der Waals surface area contributed by atoms with Crippen LogP contribution in [-0.4, -0.2) is 73.4 Å². The number of carbonyl (C=O) groups excluding carboxylic acids is 1. The molecule has 0 aliphatic carbocycles. The summed E-state index contributed by atoms with van der Waals surface area (Å²) in [6, 6.07) is -0.859. The summed E-state index contributed by atoms with van der Waals surface area (Å²) < 4.78 is 23.6. The number of hydrogen-bond acceptors (Lipinski definition) is 5. The van der Waals surface area contributed by atoms with Crippen LogP contribution in [-0.2, 0) is 18.4 Å². The van der Waals surface area contributed by atoms with Crippen molar-refractivity contribution in [3.8, 4) is 0 Å². The first kappa shape index (κ1) is 59.0. The van der Waals surface area contributed by atoms with Gasteiger partial charge in [-0.15, -0.1) is 0 Å². The molecule has 0 fully saturated rings. The van der Waals surface area contributed by atoms with Gasteiger partial charge in [0.15, 0.2) is 0 Å². The third-order valence-electron chi connectivity index (χ3n) is 11.7. The molecule has 3 N–H and O–H groups in total. The second kappa shape index (κ2) is 43.2. The number of aliphatic hydroxyl groups excluding tert-OH is 1. The number of amides is 1. The molecule has 8 nitrogen and oxygen atoms in total. The van der Waals surface area contributed by atoms with E-state index < -0.39 is 20.0 Å². The Balaban J connectivity index is 4.33. The molecule has 0 spiro atoms. The highest BCUT2D eigenvalue weighted by Crippen LogP contribution is 2.43. The van der Waals surface area contributed by atoms with E-state index in [0.717, 1.165) is 38.5 Å². The number of hydrogen-bond donors (Lipinski definition) is 3. The van der Waals surface area contributed by atoms with Gasteiger partial charge in [0.05, 0.1) is 39.9 Å². The Kier molecular flexibility index (Phi) is 42.5. The summed E-state index contributed by atoms with van der Waals surface area (Å²) in [6.07, 6.45) is 52.6. The molecule has 0 aromatic carbocycles. The number of likely N-dealkylation sites (N-methyl/N-ethyl adjacent to an activating group) is 1. The van der Waals surface area contributed by atoms with Crippen molar-refractivity contribution in [2.24, 2.45) is 0 Å². The molecular weight excluding hydrogens is 768 g/mol. The highest BCUT2D eigenvalue weighted by Gasteiger charge is 2.27. The number of rotatable bonds is 47. The lowest BCUT2D eigenvalue weighted by Gasteiger charge is -2.25. The van der Waals surface area contributed by atoms with Gasteiger partial charge in [0.1, 0.15) is 13.2 Å². The average molecular weight is 870 g/mol. The second-order valence-corrected chi connectivity index (χ2v) is 20.4. The fraction of sp³-hybridized carbons (Fsp3) is 0.902. The van der Waals surface area contributed by atoms with Gasteiger partial charge in [0.25, 0.3) is 0 Å². The van der Waals surface area contributed by atoms with E-state index >= 15 is 0 Å². The Morgan fingerprint density at radius 2 is 0.917 bits per heavy atom. The van der Waals surface area contributed by atoms with Crippen LogP contribution in [0.2, 0.25) is 0 Å². The van der Waals surface area contributed by atoms with Crippen molar-refractivity contribution in [2.45, 2.75) is 257 Å². The molecule has 3 atom stereocenters. The van der Waals surface area contributed by atoms with Gasteiger partial charge >= 0.3 is 7.82 Å². The van der Waals surface area contributed by atoms with Crippen LogP contribution in [0.1, 0.15) is 245 Å². The minimum atomic E-state index is -4.35. The lowest BCUT2D eigenvalue weighted by Crippen LogP contribution is -2.45. The average Bonchev–Trinajstić information content (AvgIpc) is 3.20. The summed E-state index contributed by atoms with van der Waals surface area (Å²) in [4.78, 5) is 23.2. The van der Waals surface area contributed by atoms with E-state index in [2.05, 4.69) is 31.3 Å². The zero-order valence-electron chi connectivity index (χ0n) is 40.5. The number of phosphoric ester groups is 1. The molecule has 356 valence electrons. The molecule has 0 rings (SSSR count). The van der Waals surface area contributed by atoms with Crippen molar-refractivity contribution in [3.05, 3.63) is 24.3 Å². The topological polar surface area (TPSA) is 105 Å². The molecule has 0 aromatic heterocycles. The van der Waals surface area contributed by atoms with E-state index in [9.17, 15) is 19.4 Å². The van der Waals surface area contributed by atoms with Gasteiger partial charge in [-0.1, -0.05) is 231 Å². The largest absolute Gasteiger partial charge is 0.472 e. The molecule has 0 aromatic rings. The quantitative estimate of drug-likeness (QED) is 0.0243. The van der Waals surface area contributed by atoms with Crippen molar-refractivity contribution in [1.82, 2.24) is 5.32 Å². The minimum absolute atomic E-state index is 0.0585. The monoisotopic (exact) mass is 870 g/mol. The molecule has 0 bridgehead atoms. The Labute approximate surface area is 373 Å². The summed E-state index contributed by atoms with van der Waals surface area (Å²) in [6.45, 7) is 4.82. The maximum Gasteiger partial charge on any atom is 0.472 e. The van der Waals surface area contributed by atoms with Crippen LogP contribution >= 0.6 is 7.82 Å². The van der Waals surface area contributed by atoms with Gasteiger partial charge in [-0.25, -0.2) is 4.57 Å². The molecule has 9 heteroatoms. The number of quaternary nitrogens is 1. The smallest absolute Gasteiger partial charge is 0.387 e. The summed E-state index contributed by atoms with van der Waals surface area (Å²) in [5, 5.41) is 13.9. The fourth-order valence-corrected chi connectivity index (χ4v) is 8.32. The van der Waals surface area contributed by atoms with E-state index in [4.69, 9.17) is 9.05 Å². The van der Waals surface area contributed by atoms with Crippen LogP contribution in [0.25, 0.3) is 0 Å². The van der Waals surface area contributed by atoms with E-state index in [-0.39, 0.29) is 19.1 Å². The van der Waals surface area contributed by atoms with Crippen LogP contribution in [0.4, 0.5) is 0 Å². The van der Waals surface area contributed by atoms with Crippen molar-refractivity contribution in [3.63, 3.8) is 0 Å². The second-order valence-electron chi connectivity index (χ2n) is 18.9. The number of nitrogens with zero attached hydrogens (tertiary/aromatic N) is 1. The summed E-state index contributed by atoms with van der Waals surface area (Å²) in [7, 11) is 1.56. The molecule has 1 amide bonds. The first-order valence-electron chi connectivity index (χ1n) is 25.7. The number of allylic oxidation sites excluding steroid dienone is 3. The van der Waals surface area contributed by atoms with Crippen LogP contribution in [0.3, 0.4) is 0 Å². The zero-order chi connectivity index (χ0) is 44.3. The summed E-state index contributed by atoms with van der Waals surface area (Å²) >= 11 is 0. The maximum atomic E-state index is 12.9. The van der Waals surface area contributed by atoms with Crippen LogP contribution < -0.4 is 5.32 Å². The third-order valence-corrected chi connectivity index (χ3v) is 12.7. The van der Waals surface area contributed by atoms with Crippen LogP contribution in [0.5, 0.6) is 0 Å². The molecule has 0 radical (unpaired) electrons. The maximum absolute atomic E-state index is 12.9. The zero-order valence-corrected chi connectivity index (χ0v) is 41.4. The Bertz CT molecular complexity index is 1030. The van der Waals surface area contributed by atoms with Crippen molar-refractivity contribution < 1.29 is 32.9 Å². The molecule has 0 saturated carbocycles. The Morgan fingerprint density at radius 1 is 0.550 bits per heavy atom. The van der Waals surface area contributed by atoms with Gasteiger partial charge < -0.3 is 19.8 Å². The van der Waals surface area contributed by atoms with Gasteiger partial charge in [0, 0.05) is 6.42 Å². The number of aliphatic hydroxyl groups is 1. The molecule has 0 aliphatic rings. The van der Waals surface area contributed by atoms with E-state index in [1.165, 1.54) is 186 Å². The number of carbonyl (C=O) groups is 1. The SMILES string of the molecule is CCCCCCCCCCCCCCCCCC/C=C/CC/C=C/C(O)C(COP(=O)(O)OCC[N+](C)(C)C)NC(=O)CCCCCCCCCCCCCCCCCC. The predicted molar refractivity (Wildman–Crippen MR) is 258 cm³/mol. The summed E-state index contributed by atoms with van der Waals surface area (Å²) in [5.74, 6) is -0.183. The first-order chi connectivity index (χ1) is 29.0. The standard InChI is InChI=1S/C51H101N2O6P/c1-6-8-10-12-14-16-18-20-22-24-25-26-27-28-29-30-32-34-36-38-40-42-44-50(54)49(48-59-60(56,57)58-47-46-53(3,4)5)52-51(55)45-43-41-39-37-35-33-31-23-21-19-17-15-13-11-9-7-2/h34,36,42,44,49-50,54H,6-33,35,37-41,43,45-48H2,1-5H3,(H-,52,55,56,57)/p+1/b36-34+,44-42+. The molecule has 3 unspecified atom stereocenters. The molecule has 0 aliphatic heterocycles. The van der Waals surface area contributed by atoms with E-state index in [1.807, 2.05) is 27.2 Å². The minimum Gasteiger partial charge on any atom is -0.387 e. The van der Waals surface area contributed by atoms with Crippen LogP contribution in [0.15, 0.2) is 24.3 Å². The van der Waals surface area contributed by atoms with Gasteiger partial charge in [-0.3, -0.25) is 13.8 Å². The van der Waals surface area contributed by atoms with Crippen molar-refractivity contribution in [1.29, 1.82) is 0 Å². The number of unbranched alkanes of at least 4 members (excludes halogenated alkanes) is 32. The highest BCUT2D eigenvalue weighted by molar-refractivity contribution is 7.47. The normalized spacial score (nSPS) is 14.3. The van der Waals surface area contributed by atoms with Crippen molar-refractivity contribution in [2.75, 3.05) is 40.9 Å². The lowest BCUT2D eigenvalue weighted by molar-refractivity contribution is -0.870. The molecule has 60 heavy (non-hydrogen) atoms. The molecule has 0 saturated heterocycles. The van der Waals surface area contributed by atoms with Gasteiger partial charge in [0.2, 0.25) is 5.91 Å². The number of nitrogens with one attached hydrogen (secondary N) is 1. The van der Waals surface area contributed by atoms with Crippen LogP contribution in [0, 0.1) is 0 Å². The summed E-state index contributed by atoms with van der Waals surface area (Å²) in [5.41, 5.74) is 0. The lowest BCUT2D eigenvalue weighted by atomic mass is 10.0. The first-order valence-corrected chi connectivity index (χ1v) is 27.2.